The Morgan fingerprint density at radius 2 is 1.81 bits per heavy atom. The van der Waals surface area contributed by atoms with Gasteiger partial charge in [0.1, 0.15) is 13.2 Å². The van der Waals surface area contributed by atoms with E-state index in [1.807, 2.05) is 18.2 Å². The number of nitrogens with two attached hydrogens (primary N) is 2. The minimum atomic E-state index is -0.488. The average Bonchev–Trinajstić information content (AvgIpc) is 2.49. The van der Waals surface area contributed by atoms with E-state index in [-0.39, 0.29) is 0 Å². The third kappa shape index (κ3) is 2.90. The molecule has 21 heavy (non-hydrogen) atoms. The Hall–Kier alpha value is -2.34. The van der Waals surface area contributed by atoms with Crippen LogP contribution in [0.1, 0.15) is 10.4 Å². The van der Waals surface area contributed by atoms with E-state index in [4.69, 9.17) is 20.9 Å². The molecule has 1 aliphatic heterocycles. The van der Waals surface area contributed by atoms with Gasteiger partial charge in [-0.25, -0.2) is 0 Å². The van der Waals surface area contributed by atoms with Crippen LogP contribution in [0.5, 0.6) is 11.5 Å². The average molecular weight is 302 g/mol. The quantitative estimate of drug-likeness (QED) is 0.849. The van der Waals surface area contributed by atoms with Crippen LogP contribution in [0.25, 0.3) is 0 Å². The Morgan fingerprint density at radius 1 is 1.05 bits per heavy atom. The summed E-state index contributed by atoms with van der Waals surface area (Å²) in [4.78, 5) is 13.0. The van der Waals surface area contributed by atoms with Crippen molar-refractivity contribution in [3.8, 4) is 11.5 Å². The van der Waals surface area contributed by atoms with Crippen LogP contribution in [0.15, 0.2) is 46.2 Å². The molecule has 2 aromatic carbocycles. The molecule has 0 saturated heterocycles. The summed E-state index contributed by atoms with van der Waals surface area (Å²) in [6.45, 7) is 1.12. The van der Waals surface area contributed by atoms with Gasteiger partial charge in [-0.15, -0.1) is 0 Å². The molecule has 0 saturated carbocycles. The molecule has 0 atom stereocenters. The number of ether oxygens (including phenoxy) is 2. The molecule has 1 aliphatic rings. The van der Waals surface area contributed by atoms with Gasteiger partial charge in [0.2, 0.25) is 5.91 Å². The zero-order valence-electron chi connectivity index (χ0n) is 11.2. The minimum Gasteiger partial charge on any atom is -0.486 e. The zero-order valence-corrected chi connectivity index (χ0v) is 12.0. The molecule has 0 spiro atoms. The molecule has 2 aromatic rings. The van der Waals surface area contributed by atoms with Gasteiger partial charge in [0.25, 0.3) is 0 Å². The summed E-state index contributed by atoms with van der Waals surface area (Å²) in [5, 5.41) is 0. The van der Waals surface area contributed by atoms with Crippen LogP contribution in [0.2, 0.25) is 0 Å². The van der Waals surface area contributed by atoms with E-state index < -0.39 is 5.91 Å². The van der Waals surface area contributed by atoms with Crippen molar-refractivity contribution in [1.29, 1.82) is 0 Å². The number of carbonyl (C=O) groups excluding carboxylic acids is 1. The fourth-order valence-corrected chi connectivity index (χ4v) is 2.88. The number of amides is 1. The van der Waals surface area contributed by atoms with Gasteiger partial charge in [-0.1, -0.05) is 11.8 Å². The number of hydrogen-bond donors (Lipinski definition) is 2. The van der Waals surface area contributed by atoms with Gasteiger partial charge in [0, 0.05) is 21.0 Å². The van der Waals surface area contributed by atoms with Crippen molar-refractivity contribution in [3.63, 3.8) is 0 Å². The Morgan fingerprint density at radius 3 is 2.52 bits per heavy atom. The van der Waals surface area contributed by atoms with Gasteiger partial charge in [-0.3, -0.25) is 4.79 Å². The Bertz CT molecular complexity index is 703. The summed E-state index contributed by atoms with van der Waals surface area (Å²) < 4.78 is 11.0. The van der Waals surface area contributed by atoms with Gasteiger partial charge in [0.15, 0.2) is 11.5 Å². The molecule has 6 heteroatoms. The highest BCUT2D eigenvalue weighted by Crippen LogP contribution is 2.38. The molecule has 0 unspecified atom stereocenters. The lowest BCUT2D eigenvalue weighted by atomic mass is 10.2. The molecule has 3 rings (SSSR count). The van der Waals surface area contributed by atoms with Gasteiger partial charge < -0.3 is 20.9 Å². The molecular formula is C15H14N2O3S. The maximum atomic E-state index is 11.1. The van der Waals surface area contributed by atoms with E-state index >= 15 is 0 Å². The largest absolute Gasteiger partial charge is 0.486 e. The summed E-state index contributed by atoms with van der Waals surface area (Å²) in [7, 11) is 0. The van der Waals surface area contributed by atoms with E-state index in [1.54, 1.807) is 18.2 Å². The molecule has 0 fully saturated rings. The van der Waals surface area contributed by atoms with Crippen LogP contribution in [0, 0.1) is 0 Å². The summed E-state index contributed by atoms with van der Waals surface area (Å²) in [5.74, 6) is 0.999. The molecule has 1 amide bonds. The van der Waals surface area contributed by atoms with Crippen molar-refractivity contribution in [2.45, 2.75) is 9.79 Å². The van der Waals surface area contributed by atoms with Gasteiger partial charge in [-0.05, 0) is 36.4 Å². The third-order valence-electron chi connectivity index (χ3n) is 3.04. The fraction of sp³-hybridized carbons (Fsp3) is 0.133. The van der Waals surface area contributed by atoms with E-state index in [9.17, 15) is 4.79 Å². The number of rotatable bonds is 3. The lowest BCUT2D eigenvalue weighted by molar-refractivity contribution is 0.100. The summed E-state index contributed by atoms with van der Waals surface area (Å²) in [6.07, 6.45) is 0. The maximum Gasteiger partial charge on any atom is 0.248 e. The van der Waals surface area contributed by atoms with Crippen molar-refractivity contribution in [3.05, 3.63) is 42.0 Å². The molecule has 0 aromatic heterocycles. The monoisotopic (exact) mass is 302 g/mol. The second-order valence-electron chi connectivity index (χ2n) is 4.52. The van der Waals surface area contributed by atoms with Crippen LogP contribution in [0.4, 0.5) is 5.69 Å². The number of nitrogen functional groups attached to an aromatic ring is 1. The predicted molar refractivity (Wildman–Crippen MR) is 80.9 cm³/mol. The van der Waals surface area contributed by atoms with E-state index in [0.717, 1.165) is 21.3 Å². The van der Waals surface area contributed by atoms with Crippen molar-refractivity contribution < 1.29 is 14.3 Å². The fourth-order valence-electron chi connectivity index (χ4n) is 2.01. The second kappa shape index (κ2) is 5.57. The first-order valence-electron chi connectivity index (χ1n) is 6.40. The van der Waals surface area contributed by atoms with Gasteiger partial charge in [0.05, 0.1) is 0 Å². The highest BCUT2D eigenvalue weighted by molar-refractivity contribution is 7.99. The highest BCUT2D eigenvalue weighted by atomic mass is 32.2. The minimum absolute atomic E-state index is 0.402. The number of fused-ring (bicyclic) bond motifs is 1. The smallest absolute Gasteiger partial charge is 0.248 e. The highest BCUT2D eigenvalue weighted by Gasteiger charge is 2.13. The molecule has 108 valence electrons. The van der Waals surface area contributed by atoms with Crippen molar-refractivity contribution in [2.24, 2.45) is 5.73 Å². The van der Waals surface area contributed by atoms with Gasteiger partial charge >= 0.3 is 0 Å². The Labute approximate surface area is 126 Å². The van der Waals surface area contributed by atoms with E-state index in [2.05, 4.69) is 0 Å². The molecule has 5 nitrogen and oxygen atoms in total. The van der Waals surface area contributed by atoms with Crippen molar-refractivity contribution in [1.82, 2.24) is 0 Å². The zero-order chi connectivity index (χ0) is 14.8. The van der Waals surface area contributed by atoms with Crippen LogP contribution >= 0.6 is 11.8 Å². The van der Waals surface area contributed by atoms with Crippen LogP contribution in [-0.4, -0.2) is 19.1 Å². The van der Waals surface area contributed by atoms with Gasteiger partial charge in [-0.2, -0.15) is 0 Å². The Kier molecular flexibility index (Phi) is 3.62. The molecule has 0 radical (unpaired) electrons. The SMILES string of the molecule is NC(=O)c1ccc(Sc2ccc3c(c2)OCCO3)c(N)c1. The number of carbonyl (C=O) groups is 1. The Balaban J connectivity index is 1.85. The molecule has 0 bridgehead atoms. The van der Waals surface area contributed by atoms with E-state index in [0.29, 0.717) is 24.5 Å². The molecule has 1 heterocycles. The van der Waals surface area contributed by atoms with Crippen LogP contribution in [0.3, 0.4) is 0 Å². The maximum absolute atomic E-state index is 11.1. The molecule has 0 aliphatic carbocycles. The lowest BCUT2D eigenvalue weighted by Gasteiger charge is -2.18. The first-order valence-corrected chi connectivity index (χ1v) is 7.22. The summed E-state index contributed by atoms with van der Waals surface area (Å²) in [5.41, 5.74) is 12.1. The third-order valence-corrected chi connectivity index (χ3v) is 4.12. The van der Waals surface area contributed by atoms with E-state index in [1.165, 1.54) is 11.8 Å². The molecular weight excluding hydrogens is 288 g/mol. The molecule has 4 N–H and O–H groups in total. The first-order chi connectivity index (χ1) is 10.1. The second-order valence-corrected chi connectivity index (χ2v) is 5.64. The summed E-state index contributed by atoms with van der Waals surface area (Å²) in [6, 6.07) is 10.8. The summed E-state index contributed by atoms with van der Waals surface area (Å²) >= 11 is 1.49. The first kappa shape index (κ1) is 13.6. The van der Waals surface area contributed by atoms with Crippen LogP contribution < -0.4 is 20.9 Å². The normalized spacial score (nSPS) is 13.0. The standard InChI is InChI=1S/C15H14N2O3S/c16-11-7-9(15(17)18)1-4-14(11)21-10-2-3-12-13(8-10)20-6-5-19-12/h1-4,7-8H,5-6,16H2,(H2,17,18). The predicted octanol–water partition coefficient (Wildman–Crippen LogP) is 2.29. The number of hydrogen-bond acceptors (Lipinski definition) is 5. The van der Waals surface area contributed by atoms with Crippen molar-refractivity contribution in [2.75, 3.05) is 18.9 Å². The lowest BCUT2D eigenvalue weighted by Crippen LogP contribution is -2.15. The van der Waals surface area contributed by atoms with Crippen molar-refractivity contribution >= 4 is 23.4 Å². The number of primary amides is 1. The van der Waals surface area contributed by atoms with Crippen LogP contribution in [-0.2, 0) is 0 Å². The number of anilines is 1. The topological polar surface area (TPSA) is 87.6 Å². The number of benzene rings is 2.